The van der Waals surface area contributed by atoms with Gasteiger partial charge >= 0.3 is 5.97 Å². The molecule has 0 atom stereocenters. The van der Waals surface area contributed by atoms with Gasteiger partial charge < -0.3 is 10.5 Å². The minimum Gasteiger partial charge on any atom is -0.481 e. The van der Waals surface area contributed by atoms with Gasteiger partial charge in [-0.3, -0.25) is 4.79 Å². The molecule has 1 aliphatic rings. The fraction of sp³-hybridized carbons (Fsp3) is 0.800. The van der Waals surface area contributed by atoms with Crippen LogP contribution in [0.1, 0.15) is 39.0 Å². The van der Waals surface area contributed by atoms with Gasteiger partial charge in [0.2, 0.25) is 0 Å². The quantitative estimate of drug-likeness (QED) is 0.659. The number of nitrogens with one attached hydrogen (secondary N) is 1. The van der Waals surface area contributed by atoms with Crippen LogP contribution >= 0.6 is 0 Å². The van der Waals surface area contributed by atoms with Crippen LogP contribution in [0.5, 0.6) is 0 Å². The van der Waals surface area contributed by atoms with E-state index in [0.717, 1.165) is 25.7 Å². The SMILES string of the molecule is CC1CCC(C=N)(CC(=O)O)CC1. The van der Waals surface area contributed by atoms with Gasteiger partial charge in [-0.15, -0.1) is 0 Å². The molecule has 1 saturated carbocycles. The summed E-state index contributed by atoms with van der Waals surface area (Å²) in [7, 11) is 0. The first-order chi connectivity index (χ1) is 6.08. The highest BCUT2D eigenvalue weighted by atomic mass is 16.4. The van der Waals surface area contributed by atoms with Gasteiger partial charge in [0, 0.05) is 11.6 Å². The summed E-state index contributed by atoms with van der Waals surface area (Å²) >= 11 is 0. The summed E-state index contributed by atoms with van der Waals surface area (Å²) in [4.78, 5) is 10.6. The van der Waals surface area contributed by atoms with E-state index in [1.165, 1.54) is 6.21 Å². The van der Waals surface area contributed by atoms with Crippen LogP contribution in [-0.2, 0) is 4.79 Å². The fourth-order valence-corrected chi connectivity index (χ4v) is 2.01. The Morgan fingerprint density at radius 3 is 2.54 bits per heavy atom. The van der Waals surface area contributed by atoms with Crippen molar-refractivity contribution in [3.8, 4) is 0 Å². The van der Waals surface area contributed by atoms with E-state index >= 15 is 0 Å². The predicted molar refractivity (Wildman–Crippen MR) is 51.1 cm³/mol. The number of rotatable bonds is 3. The van der Waals surface area contributed by atoms with Crippen molar-refractivity contribution in [3.63, 3.8) is 0 Å². The van der Waals surface area contributed by atoms with Gasteiger partial charge in [-0.2, -0.15) is 0 Å². The second kappa shape index (κ2) is 3.90. The molecule has 1 rings (SSSR count). The van der Waals surface area contributed by atoms with E-state index in [0.29, 0.717) is 5.92 Å². The molecule has 1 fully saturated rings. The van der Waals surface area contributed by atoms with Crippen molar-refractivity contribution < 1.29 is 9.90 Å². The molecule has 0 saturated heterocycles. The van der Waals surface area contributed by atoms with E-state index in [4.69, 9.17) is 10.5 Å². The van der Waals surface area contributed by atoms with Crippen molar-refractivity contribution in [1.82, 2.24) is 0 Å². The van der Waals surface area contributed by atoms with Crippen molar-refractivity contribution >= 4 is 12.2 Å². The fourth-order valence-electron chi connectivity index (χ4n) is 2.01. The largest absolute Gasteiger partial charge is 0.481 e. The maximum absolute atomic E-state index is 10.6. The third-order valence-electron chi connectivity index (χ3n) is 3.08. The van der Waals surface area contributed by atoms with E-state index in [1.807, 2.05) is 0 Å². The second-order valence-corrected chi connectivity index (χ2v) is 4.26. The number of aliphatic carboxylic acids is 1. The van der Waals surface area contributed by atoms with Gasteiger partial charge in [0.25, 0.3) is 0 Å². The third-order valence-corrected chi connectivity index (χ3v) is 3.08. The number of carbonyl (C=O) groups is 1. The summed E-state index contributed by atoms with van der Waals surface area (Å²) in [6, 6.07) is 0. The highest BCUT2D eigenvalue weighted by molar-refractivity contribution is 5.75. The van der Waals surface area contributed by atoms with Gasteiger partial charge in [-0.25, -0.2) is 0 Å². The molecule has 0 amide bonds. The number of hydrogen-bond donors (Lipinski definition) is 2. The van der Waals surface area contributed by atoms with Crippen LogP contribution in [0.15, 0.2) is 0 Å². The van der Waals surface area contributed by atoms with Crippen molar-refractivity contribution in [2.75, 3.05) is 0 Å². The Morgan fingerprint density at radius 2 is 2.15 bits per heavy atom. The van der Waals surface area contributed by atoms with Gasteiger partial charge in [0.05, 0.1) is 6.42 Å². The molecule has 3 heteroatoms. The summed E-state index contributed by atoms with van der Waals surface area (Å²) in [5.41, 5.74) is -0.335. The predicted octanol–water partition coefficient (Wildman–Crippen LogP) is 2.31. The Kier molecular flexibility index (Phi) is 3.07. The first kappa shape index (κ1) is 10.2. The first-order valence-electron chi connectivity index (χ1n) is 4.81. The summed E-state index contributed by atoms with van der Waals surface area (Å²) in [5, 5.41) is 16.0. The normalized spacial score (nSPS) is 34.1. The van der Waals surface area contributed by atoms with E-state index in [-0.39, 0.29) is 11.8 Å². The van der Waals surface area contributed by atoms with Crippen LogP contribution in [-0.4, -0.2) is 17.3 Å². The molecule has 3 nitrogen and oxygen atoms in total. The Bertz CT molecular complexity index is 205. The van der Waals surface area contributed by atoms with Crippen molar-refractivity contribution in [2.45, 2.75) is 39.0 Å². The smallest absolute Gasteiger partial charge is 0.304 e. The van der Waals surface area contributed by atoms with Crippen molar-refractivity contribution in [3.05, 3.63) is 0 Å². The minimum atomic E-state index is -0.780. The van der Waals surface area contributed by atoms with Crippen molar-refractivity contribution in [1.29, 1.82) is 5.41 Å². The van der Waals surface area contributed by atoms with Crippen LogP contribution in [0.3, 0.4) is 0 Å². The Morgan fingerprint density at radius 1 is 1.62 bits per heavy atom. The molecule has 0 unspecified atom stereocenters. The molecule has 13 heavy (non-hydrogen) atoms. The highest BCUT2D eigenvalue weighted by Crippen LogP contribution is 2.39. The zero-order chi connectivity index (χ0) is 9.90. The maximum atomic E-state index is 10.6. The monoisotopic (exact) mass is 183 g/mol. The number of carboxylic acid groups (broad SMARTS) is 1. The van der Waals surface area contributed by atoms with Gasteiger partial charge in [-0.05, 0) is 31.6 Å². The Hall–Kier alpha value is -0.860. The Balaban J connectivity index is 2.60. The molecule has 2 N–H and O–H groups in total. The molecule has 0 heterocycles. The van der Waals surface area contributed by atoms with E-state index in [9.17, 15) is 4.79 Å². The molecule has 0 spiro atoms. The number of carboxylic acids is 1. The molecule has 0 aromatic heterocycles. The van der Waals surface area contributed by atoms with Crippen LogP contribution in [0, 0.1) is 16.7 Å². The lowest BCUT2D eigenvalue weighted by atomic mass is 9.70. The van der Waals surface area contributed by atoms with E-state index in [1.54, 1.807) is 0 Å². The lowest BCUT2D eigenvalue weighted by Crippen LogP contribution is -2.30. The second-order valence-electron chi connectivity index (χ2n) is 4.26. The molecule has 74 valence electrons. The highest BCUT2D eigenvalue weighted by Gasteiger charge is 2.34. The maximum Gasteiger partial charge on any atom is 0.304 e. The minimum absolute atomic E-state index is 0.128. The summed E-state index contributed by atoms with van der Waals surface area (Å²) in [6.07, 6.45) is 5.33. The third kappa shape index (κ3) is 2.54. The molecular formula is C10H17NO2. The Labute approximate surface area is 78.7 Å². The van der Waals surface area contributed by atoms with E-state index in [2.05, 4.69) is 6.92 Å². The lowest BCUT2D eigenvalue weighted by Gasteiger charge is -2.34. The van der Waals surface area contributed by atoms with Gasteiger partial charge in [0.15, 0.2) is 0 Å². The number of hydrogen-bond acceptors (Lipinski definition) is 2. The van der Waals surface area contributed by atoms with E-state index < -0.39 is 5.97 Å². The molecule has 1 aliphatic carbocycles. The van der Waals surface area contributed by atoms with Crippen molar-refractivity contribution in [2.24, 2.45) is 11.3 Å². The lowest BCUT2D eigenvalue weighted by molar-refractivity contribution is -0.139. The molecule has 0 aliphatic heterocycles. The van der Waals surface area contributed by atoms with Crippen LogP contribution in [0.2, 0.25) is 0 Å². The molecular weight excluding hydrogens is 166 g/mol. The van der Waals surface area contributed by atoms with Crippen LogP contribution in [0.25, 0.3) is 0 Å². The summed E-state index contributed by atoms with van der Waals surface area (Å²) in [5.74, 6) is -0.0834. The average molecular weight is 183 g/mol. The molecule has 0 bridgehead atoms. The van der Waals surface area contributed by atoms with Gasteiger partial charge in [0.1, 0.15) is 0 Å². The molecule has 0 aromatic rings. The van der Waals surface area contributed by atoms with Crippen LogP contribution in [0.4, 0.5) is 0 Å². The topological polar surface area (TPSA) is 61.2 Å². The molecule has 0 radical (unpaired) electrons. The zero-order valence-electron chi connectivity index (χ0n) is 8.05. The average Bonchev–Trinajstić information content (AvgIpc) is 2.09. The standard InChI is InChI=1S/C10H17NO2/c1-8-2-4-10(7-11,5-3-8)6-9(12)13/h7-8,11H,2-6H2,1H3,(H,12,13). The molecule has 0 aromatic carbocycles. The summed E-state index contributed by atoms with van der Waals surface area (Å²) in [6.45, 7) is 2.19. The van der Waals surface area contributed by atoms with Gasteiger partial charge in [-0.1, -0.05) is 6.92 Å². The van der Waals surface area contributed by atoms with Crippen LogP contribution < -0.4 is 0 Å². The summed E-state index contributed by atoms with van der Waals surface area (Å²) < 4.78 is 0. The zero-order valence-corrected chi connectivity index (χ0v) is 8.05. The first-order valence-corrected chi connectivity index (χ1v) is 4.81.